The van der Waals surface area contributed by atoms with Crippen molar-refractivity contribution in [2.75, 3.05) is 0 Å². The van der Waals surface area contributed by atoms with Gasteiger partial charge in [-0.15, -0.1) is 0 Å². The third-order valence-corrected chi connectivity index (χ3v) is 4.49. The fourth-order valence-electron chi connectivity index (χ4n) is 2.60. The van der Waals surface area contributed by atoms with E-state index in [1.54, 1.807) is 6.07 Å². The second-order valence-electron chi connectivity index (χ2n) is 6.25. The number of nitrogens with two attached hydrogens (primary N) is 2. The monoisotopic (exact) mass is 290 g/mol. The molecule has 4 N–H and O–H groups in total. The van der Waals surface area contributed by atoms with Crippen LogP contribution in [0.1, 0.15) is 73.2 Å². The molecule has 2 amide bonds. The van der Waals surface area contributed by atoms with Gasteiger partial charge in [-0.1, -0.05) is 46.6 Å². The van der Waals surface area contributed by atoms with Crippen molar-refractivity contribution >= 4 is 11.8 Å². The van der Waals surface area contributed by atoms with E-state index < -0.39 is 11.8 Å². The van der Waals surface area contributed by atoms with E-state index in [2.05, 4.69) is 27.7 Å². The molecular weight excluding hydrogens is 264 g/mol. The third kappa shape index (κ3) is 3.84. The molecule has 0 aliphatic carbocycles. The van der Waals surface area contributed by atoms with Gasteiger partial charge in [0.1, 0.15) is 0 Å². The first-order chi connectivity index (χ1) is 9.71. The minimum Gasteiger partial charge on any atom is -0.366 e. The van der Waals surface area contributed by atoms with Gasteiger partial charge in [-0.05, 0) is 35.4 Å². The van der Waals surface area contributed by atoms with E-state index in [9.17, 15) is 9.59 Å². The summed E-state index contributed by atoms with van der Waals surface area (Å²) in [6, 6.07) is 4.98. The lowest BCUT2D eigenvalue weighted by molar-refractivity contribution is 0.0996. The number of amides is 2. The number of carbonyl (C=O) groups is 2. The molecule has 0 heterocycles. The largest absolute Gasteiger partial charge is 0.366 e. The van der Waals surface area contributed by atoms with Gasteiger partial charge < -0.3 is 11.5 Å². The van der Waals surface area contributed by atoms with Crippen LogP contribution < -0.4 is 11.5 Å². The molecule has 21 heavy (non-hydrogen) atoms. The highest BCUT2D eigenvalue weighted by atomic mass is 16.1. The van der Waals surface area contributed by atoms with Crippen LogP contribution in [0, 0.1) is 5.92 Å². The molecule has 1 atom stereocenters. The number of carbonyl (C=O) groups excluding carboxylic acids is 2. The van der Waals surface area contributed by atoms with Crippen LogP contribution in [-0.4, -0.2) is 11.8 Å². The molecule has 4 heteroatoms. The summed E-state index contributed by atoms with van der Waals surface area (Å²) in [5, 5.41) is 0. The van der Waals surface area contributed by atoms with E-state index >= 15 is 0 Å². The summed E-state index contributed by atoms with van der Waals surface area (Å²) >= 11 is 0. The van der Waals surface area contributed by atoms with Crippen LogP contribution in [0.2, 0.25) is 0 Å². The Labute approximate surface area is 126 Å². The highest BCUT2D eigenvalue weighted by Gasteiger charge is 2.31. The van der Waals surface area contributed by atoms with Gasteiger partial charge >= 0.3 is 0 Å². The number of unbranched alkanes of at least 4 members (excludes halogenated alkanes) is 1. The Kier molecular flexibility index (Phi) is 5.53. The van der Waals surface area contributed by atoms with Gasteiger partial charge in [0.05, 0.1) is 0 Å². The zero-order chi connectivity index (χ0) is 16.2. The molecule has 0 saturated heterocycles. The molecule has 0 spiro atoms. The van der Waals surface area contributed by atoms with Gasteiger partial charge in [0.15, 0.2) is 0 Å². The lowest BCUT2D eigenvalue weighted by atomic mass is 9.70. The average molecular weight is 290 g/mol. The summed E-state index contributed by atoms with van der Waals surface area (Å²) in [6.45, 7) is 8.57. The van der Waals surface area contributed by atoms with Crippen molar-refractivity contribution in [2.24, 2.45) is 17.4 Å². The molecule has 116 valence electrons. The Balaban J connectivity index is 3.27. The Morgan fingerprint density at radius 1 is 1.19 bits per heavy atom. The smallest absolute Gasteiger partial charge is 0.249 e. The van der Waals surface area contributed by atoms with Crippen molar-refractivity contribution < 1.29 is 9.59 Å². The van der Waals surface area contributed by atoms with Crippen LogP contribution in [0.4, 0.5) is 0 Å². The molecule has 0 fully saturated rings. The fourth-order valence-corrected chi connectivity index (χ4v) is 2.60. The molecule has 0 saturated carbocycles. The first kappa shape index (κ1) is 17.2. The predicted molar refractivity (Wildman–Crippen MR) is 85.2 cm³/mol. The maximum atomic E-state index is 11.7. The normalized spacial score (nSPS) is 13.0. The molecule has 0 aromatic heterocycles. The van der Waals surface area contributed by atoms with E-state index in [0.29, 0.717) is 17.0 Å². The quantitative estimate of drug-likeness (QED) is 0.808. The van der Waals surface area contributed by atoms with Crippen LogP contribution in [0.5, 0.6) is 0 Å². The van der Waals surface area contributed by atoms with Crippen LogP contribution in [0.25, 0.3) is 0 Å². The minimum absolute atomic E-state index is 0.199. The Morgan fingerprint density at radius 2 is 1.81 bits per heavy atom. The SMILES string of the molecule is CCCCC(C)C(C)(C)c1ccc(C(N)=O)cc1C(N)=O. The number of hydrogen-bond donors (Lipinski definition) is 2. The summed E-state index contributed by atoms with van der Waals surface area (Å²) in [6.07, 6.45) is 3.37. The van der Waals surface area contributed by atoms with E-state index in [1.165, 1.54) is 6.07 Å². The lowest BCUT2D eigenvalue weighted by Crippen LogP contribution is -2.30. The molecular formula is C17H26N2O2. The number of primary amides is 2. The molecule has 1 unspecified atom stereocenters. The average Bonchev–Trinajstić information content (AvgIpc) is 2.43. The molecule has 0 bridgehead atoms. The molecule has 1 aromatic carbocycles. The Morgan fingerprint density at radius 3 is 2.29 bits per heavy atom. The second-order valence-corrected chi connectivity index (χ2v) is 6.25. The van der Waals surface area contributed by atoms with Gasteiger partial charge in [0, 0.05) is 11.1 Å². The lowest BCUT2D eigenvalue weighted by Gasteiger charge is -2.34. The highest BCUT2D eigenvalue weighted by Crippen LogP contribution is 2.36. The summed E-state index contributed by atoms with van der Waals surface area (Å²) in [5.74, 6) is -0.681. The molecule has 4 nitrogen and oxygen atoms in total. The van der Waals surface area contributed by atoms with Crippen molar-refractivity contribution in [1.29, 1.82) is 0 Å². The molecule has 0 aliphatic rings. The van der Waals surface area contributed by atoms with Crippen LogP contribution in [-0.2, 0) is 5.41 Å². The predicted octanol–water partition coefficient (Wildman–Crippen LogP) is 2.99. The zero-order valence-electron chi connectivity index (χ0n) is 13.4. The third-order valence-electron chi connectivity index (χ3n) is 4.49. The number of hydrogen-bond acceptors (Lipinski definition) is 2. The summed E-state index contributed by atoms with van der Waals surface area (Å²) in [7, 11) is 0. The molecule has 1 rings (SSSR count). The highest BCUT2D eigenvalue weighted by molar-refractivity contribution is 5.99. The topological polar surface area (TPSA) is 86.2 Å². The summed E-state index contributed by atoms with van der Waals surface area (Å²) in [5.41, 5.74) is 12.1. The first-order valence-electron chi connectivity index (χ1n) is 7.46. The number of benzene rings is 1. The summed E-state index contributed by atoms with van der Waals surface area (Å²) in [4.78, 5) is 23.0. The fraction of sp³-hybridized carbons (Fsp3) is 0.529. The van der Waals surface area contributed by atoms with Crippen LogP contribution in [0.3, 0.4) is 0 Å². The van der Waals surface area contributed by atoms with Crippen LogP contribution in [0.15, 0.2) is 18.2 Å². The van der Waals surface area contributed by atoms with Crippen molar-refractivity contribution in [3.8, 4) is 0 Å². The maximum Gasteiger partial charge on any atom is 0.249 e. The minimum atomic E-state index is -0.555. The molecule has 0 radical (unpaired) electrons. The Bertz CT molecular complexity index is 536. The van der Waals surface area contributed by atoms with Crippen molar-refractivity contribution in [1.82, 2.24) is 0 Å². The van der Waals surface area contributed by atoms with E-state index in [1.807, 2.05) is 6.07 Å². The Hall–Kier alpha value is -1.84. The van der Waals surface area contributed by atoms with Crippen LogP contribution >= 0.6 is 0 Å². The van der Waals surface area contributed by atoms with Gasteiger partial charge in [-0.2, -0.15) is 0 Å². The van der Waals surface area contributed by atoms with Crippen molar-refractivity contribution in [3.05, 3.63) is 34.9 Å². The molecule has 1 aromatic rings. The van der Waals surface area contributed by atoms with Gasteiger partial charge in [-0.25, -0.2) is 0 Å². The van der Waals surface area contributed by atoms with E-state index in [0.717, 1.165) is 24.8 Å². The van der Waals surface area contributed by atoms with Crippen molar-refractivity contribution in [2.45, 2.75) is 52.4 Å². The summed E-state index contributed by atoms with van der Waals surface area (Å²) < 4.78 is 0. The van der Waals surface area contributed by atoms with Gasteiger partial charge in [0.25, 0.3) is 0 Å². The maximum absolute atomic E-state index is 11.7. The number of rotatable bonds is 7. The van der Waals surface area contributed by atoms with E-state index in [4.69, 9.17) is 11.5 Å². The standard InChI is InChI=1S/C17H26N2O2/c1-5-6-7-11(2)17(3,4)14-9-8-12(15(18)20)10-13(14)16(19)21/h8-11H,5-7H2,1-4H3,(H2,18,20)(H2,19,21). The van der Waals surface area contributed by atoms with E-state index in [-0.39, 0.29) is 5.41 Å². The van der Waals surface area contributed by atoms with Crippen molar-refractivity contribution in [3.63, 3.8) is 0 Å². The molecule has 0 aliphatic heterocycles. The van der Waals surface area contributed by atoms with Gasteiger partial charge in [-0.3, -0.25) is 9.59 Å². The first-order valence-corrected chi connectivity index (χ1v) is 7.46. The zero-order valence-corrected chi connectivity index (χ0v) is 13.4. The second kappa shape index (κ2) is 6.74. The van der Waals surface area contributed by atoms with Gasteiger partial charge in [0.2, 0.25) is 11.8 Å².